The zero-order valence-electron chi connectivity index (χ0n) is 14.5. The number of carbonyl (C=O) groups is 4. The minimum Gasteiger partial charge on any atom is -0.301 e. The van der Waals surface area contributed by atoms with E-state index in [1.54, 1.807) is 36.4 Å². The van der Waals surface area contributed by atoms with E-state index in [1.807, 2.05) is 0 Å². The molecule has 2 aliphatic rings. The summed E-state index contributed by atoms with van der Waals surface area (Å²) in [5.41, 5.74) is 0.890. The van der Waals surface area contributed by atoms with Crippen LogP contribution >= 0.6 is 28.1 Å². The zero-order valence-corrected chi connectivity index (χ0v) is 16.9. The highest BCUT2D eigenvalue weighted by Crippen LogP contribution is 2.24. The Hall–Kier alpha value is -3.24. The van der Waals surface area contributed by atoms with E-state index in [0.717, 1.165) is 10.7 Å². The number of halogens is 1. The molecule has 0 unspecified atom stereocenters. The largest absolute Gasteiger partial charge is 0.301 e. The van der Waals surface area contributed by atoms with Gasteiger partial charge in [-0.15, -0.1) is 0 Å². The van der Waals surface area contributed by atoms with Crippen molar-refractivity contribution in [2.24, 2.45) is 11.0 Å². The minimum atomic E-state index is -1.35. The van der Waals surface area contributed by atoms with Crippen LogP contribution in [0.25, 0.3) is 0 Å². The molecule has 0 saturated carbocycles. The molecule has 0 bridgehead atoms. The normalized spacial score (nSPS) is 19.2. The SMILES string of the molecule is O=C1NC(=S)N(c2ccc(Br)cc2)C(=O)[C@@H]1/C=N\N1C(=O)c2ccccc2C1=O. The van der Waals surface area contributed by atoms with Crippen molar-refractivity contribution in [2.75, 3.05) is 4.90 Å². The summed E-state index contributed by atoms with van der Waals surface area (Å²) in [7, 11) is 0. The highest BCUT2D eigenvalue weighted by Gasteiger charge is 2.40. The predicted molar refractivity (Wildman–Crippen MR) is 111 cm³/mol. The molecule has 0 aliphatic carbocycles. The molecule has 2 heterocycles. The molecule has 0 aromatic heterocycles. The third-order valence-electron chi connectivity index (χ3n) is 4.39. The molecule has 1 saturated heterocycles. The fourth-order valence-electron chi connectivity index (χ4n) is 2.97. The van der Waals surface area contributed by atoms with Crippen LogP contribution in [0.5, 0.6) is 0 Å². The van der Waals surface area contributed by atoms with Crippen LogP contribution in [0.15, 0.2) is 58.1 Å². The summed E-state index contributed by atoms with van der Waals surface area (Å²) in [6.07, 6.45) is 0.979. The first kappa shape index (κ1) is 19.1. The maximum absolute atomic E-state index is 12.9. The zero-order chi connectivity index (χ0) is 20.7. The summed E-state index contributed by atoms with van der Waals surface area (Å²) < 4.78 is 0.810. The predicted octanol–water partition coefficient (Wildman–Crippen LogP) is 2.09. The van der Waals surface area contributed by atoms with E-state index in [0.29, 0.717) is 10.7 Å². The summed E-state index contributed by atoms with van der Waals surface area (Å²) >= 11 is 8.43. The van der Waals surface area contributed by atoms with Crippen LogP contribution in [0.1, 0.15) is 20.7 Å². The quantitative estimate of drug-likeness (QED) is 0.320. The van der Waals surface area contributed by atoms with Crippen molar-refractivity contribution in [3.8, 4) is 0 Å². The Morgan fingerprint density at radius 3 is 2.14 bits per heavy atom. The van der Waals surface area contributed by atoms with E-state index in [2.05, 4.69) is 26.3 Å². The Morgan fingerprint density at radius 1 is 0.966 bits per heavy atom. The van der Waals surface area contributed by atoms with Gasteiger partial charge in [0.15, 0.2) is 11.0 Å². The summed E-state index contributed by atoms with van der Waals surface area (Å²) in [6, 6.07) is 13.1. The number of fused-ring (bicyclic) bond motifs is 1. The highest BCUT2D eigenvalue weighted by atomic mass is 79.9. The van der Waals surface area contributed by atoms with Crippen LogP contribution in [0.4, 0.5) is 5.69 Å². The van der Waals surface area contributed by atoms with E-state index >= 15 is 0 Å². The van der Waals surface area contributed by atoms with Crippen LogP contribution < -0.4 is 10.2 Å². The number of nitrogens with one attached hydrogen (secondary N) is 1. The van der Waals surface area contributed by atoms with Gasteiger partial charge >= 0.3 is 0 Å². The Kier molecular flexibility index (Phi) is 4.81. The van der Waals surface area contributed by atoms with Crippen molar-refractivity contribution >= 4 is 68.8 Å². The first-order chi connectivity index (χ1) is 13.9. The van der Waals surface area contributed by atoms with Gasteiger partial charge in [0, 0.05) is 10.7 Å². The molecule has 2 aliphatic heterocycles. The van der Waals surface area contributed by atoms with E-state index in [-0.39, 0.29) is 16.2 Å². The van der Waals surface area contributed by atoms with Crippen LogP contribution in [-0.4, -0.2) is 40.0 Å². The fraction of sp³-hybridized carbons (Fsp3) is 0.0526. The van der Waals surface area contributed by atoms with E-state index in [9.17, 15) is 19.2 Å². The number of amides is 4. The van der Waals surface area contributed by atoms with Crippen molar-refractivity contribution in [3.63, 3.8) is 0 Å². The van der Waals surface area contributed by atoms with Crippen LogP contribution in [0, 0.1) is 5.92 Å². The molecule has 2 aromatic rings. The van der Waals surface area contributed by atoms with Gasteiger partial charge in [-0.1, -0.05) is 28.1 Å². The molecular formula is C19H11BrN4O4S. The molecule has 1 atom stereocenters. The molecule has 1 fully saturated rings. The molecule has 4 rings (SSSR count). The monoisotopic (exact) mass is 470 g/mol. The Morgan fingerprint density at radius 2 is 1.55 bits per heavy atom. The number of anilines is 1. The summed E-state index contributed by atoms with van der Waals surface area (Å²) in [4.78, 5) is 51.1. The summed E-state index contributed by atoms with van der Waals surface area (Å²) in [6.45, 7) is 0. The Labute approximate surface area is 178 Å². The van der Waals surface area contributed by atoms with Gasteiger partial charge in [0.05, 0.1) is 16.8 Å². The van der Waals surface area contributed by atoms with Gasteiger partial charge in [-0.2, -0.15) is 10.1 Å². The van der Waals surface area contributed by atoms with Gasteiger partial charge in [0.25, 0.3) is 17.7 Å². The molecule has 2 aromatic carbocycles. The molecule has 4 amide bonds. The minimum absolute atomic E-state index is 0.0623. The van der Waals surface area contributed by atoms with Gasteiger partial charge in [-0.05, 0) is 48.6 Å². The lowest BCUT2D eigenvalue weighted by Crippen LogP contribution is -2.58. The summed E-state index contributed by atoms with van der Waals surface area (Å²) in [5.74, 6) is -3.92. The second-order valence-electron chi connectivity index (χ2n) is 6.15. The van der Waals surface area contributed by atoms with Crippen LogP contribution in [0.3, 0.4) is 0 Å². The second-order valence-corrected chi connectivity index (χ2v) is 7.46. The molecular weight excluding hydrogens is 460 g/mol. The fourth-order valence-corrected chi connectivity index (χ4v) is 3.53. The number of hydrazone groups is 1. The van der Waals surface area contributed by atoms with Crippen molar-refractivity contribution in [2.45, 2.75) is 0 Å². The number of hydrogen-bond donors (Lipinski definition) is 1. The maximum Gasteiger partial charge on any atom is 0.282 e. The number of imide groups is 1. The van der Waals surface area contributed by atoms with Crippen molar-refractivity contribution in [3.05, 3.63) is 64.1 Å². The average Bonchev–Trinajstić information content (AvgIpc) is 2.94. The van der Waals surface area contributed by atoms with Crippen LogP contribution in [0.2, 0.25) is 0 Å². The summed E-state index contributed by atoms with van der Waals surface area (Å²) in [5, 5.41) is 6.86. The van der Waals surface area contributed by atoms with E-state index < -0.39 is 29.5 Å². The average molecular weight is 471 g/mol. The topological polar surface area (TPSA) is 99.2 Å². The van der Waals surface area contributed by atoms with Crippen molar-refractivity contribution < 1.29 is 19.2 Å². The number of nitrogens with zero attached hydrogens (tertiary/aromatic N) is 3. The lowest BCUT2D eigenvalue weighted by molar-refractivity contribution is -0.130. The van der Waals surface area contributed by atoms with Crippen molar-refractivity contribution in [1.29, 1.82) is 0 Å². The molecule has 144 valence electrons. The first-order valence-electron chi connectivity index (χ1n) is 8.35. The number of benzene rings is 2. The van der Waals surface area contributed by atoms with Gasteiger partial charge in [-0.3, -0.25) is 24.1 Å². The first-order valence-corrected chi connectivity index (χ1v) is 9.55. The standard InChI is InChI=1S/C19H11BrN4O4S/c20-10-5-7-11(8-6-10)23-16(26)14(15(25)22-19(23)29)9-21-24-17(27)12-3-1-2-4-13(12)18(24)28/h1-9,14H,(H,22,25,29)/b21-9-/t14-/m1/s1. The number of rotatable bonds is 3. The smallest absolute Gasteiger partial charge is 0.282 e. The maximum atomic E-state index is 12.9. The Bertz CT molecular complexity index is 1080. The highest BCUT2D eigenvalue weighted by molar-refractivity contribution is 9.10. The molecule has 0 radical (unpaired) electrons. The Balaban J connectivity index is 1.61. The molecule has 29 heavy (non-hydrogen) atoms. The van der Waals surface area contributed by atoms with Gasteiger partial charge < -0.3 is 5.32 Å². The molecule has 0 spiro atoms. The van der Waals surface area contributed by atoms with Gasteiger partial charge in [0.2, 0.25) is 5.91 Å². The number of hydrogen-bond acceptors (Lipinski definition) is 6. The number of thiocarbonyl (C=S) groups is 1. The van der Waals surface area contributed by atoms with E-state index in [1.165, 1.54) is 17.0 Å². The van der Waals surface area contributed by atoms with E-state index in [4.69, 9.17) is 12.2 Å². The van der Waals surface area contributed by atoms with Gasteiger partial charge in [0.1, 0.15) is 0 Å². The third kappa shape index (κ3) is 3.26. The lowest BCUT2D eigenvalue weighted by Gasteiger charge is -2.31. The number of carbonyl (C=O) groups excluding carboxylic acids is 4. The molecule has 10 heteroatoms. The second kappa shape index (κ2) is 7.30. The van der Waals surface area contributed by atoms with Crippen LogP contribution in [-0.2, 0) is 9.59 Å². The molecule has 1 N–H and O–H groups in total. The molecule has 8 nitrogen and oxygen atoms in total. The van der Waals surface area contributed by atoms with Crippen molar-refractivity contribution in [1.82, 2.24) is 10.3 Å². The van der Waals surface area contributed by atoms with Gasteiger partial charge in [-0.25, -0.2) is 0 Å². The lowest BCUT2D eigenvalue weighted by atomic mass is 10.1. The third-order valence-corrected chi connectivity index (χ3v) is 5.20.